The van der Waals surface area contributed by atoms with Gasteiger partial charge in [0.2, 0.25) is 0 Å². The molecule has 0 saturated carbocycles. The third-order valence-electron chi connectivity index (χ3n) is 0.833. The molecular formula is C4H6FN3. The van der Waals surface area contributed by atoms with E-state index in [2.05, 4.69) is 10.1 Å². The highest BCUT2D eigenvalue weighted by Gasteiger charge is 1.92. The van der Waals surface area contributed by atoms with Gasteiger partial charge in [-0.2, -0.15) is 9.37 Å². The Balaban J connectivity index is 2.84. The highest BCUT2D eigenvalue weighted by Crippen LogP contribution is 1.83. The summed E-state index contributed by atoms with van der Waals surface area (Å²) in [5, 5.41) is 3.37. The van der Waals surface area contributed by atoms with Gasteiger partial charge in [-0.3, -0.25) is 4.68 Å². The normalized spacial score (nSPS) is 9.75. The van der Waals surface area contributed by atoms with Crippen LogP contribution < -0.4 is 0 Å². The molecule has 1 aromatic rings. The predicted molar refractivity (Wildman–Crippen MR) is 25.7 cm³/mol. The first-order valence-corrected chi connectivity index (χ1v) is 2.38. The summed E-state index contributed by atoms with van der Waals surface area (Å²) < 4.78 is 13.3. The Morgan fingerprint density at radius 3 is 2.88 bits per heavy atom. The summed E-state index contributed by atoms with van der Waals surface area (Å²) in [6.07, 6.45) is 0.696. The number of halogens is 1. The van der Waals surface area contributed by atoms with Crippen molar-refractivity contribution in [2.45, 2.75) is 13.5 Å². The maximum absolute atomic E-state index is 11.9. The summed E-state index contributed by atoms with van der Waals surface area (Å²) in [6.45, 7) is 2.53. The molecule has 0 saturated heterocycles. The fourth-order valence-electron chi connectivity index (χ4n) is 0.424. The summed E-state index contributed by atoms with van der Waals surface area (Å²) in [5.41, 5.74) is 0. The van der Waals surface area contributed by atoms with Crippen LogP contribution in [0.3, 0.4) is 0 Å². The Hall–Kier alpha value is -0.930. The van der Waals surface area contributed by atoms with E-state index in [1.54, 1.807) is 0 Å². The third kappa shape index (κ3) is 0.828. The average Bonchev–Trinajstić information content (AvgIpc) is 2.14. The van der Waals surface area contributed by atoms with Crippen molar-refractivity contribution in [2.24, 2.45) is 0 Å². The van der Waals surface area contributed by atoms with Gasteiger partial charge in [0.05, 0.1) is 0 Å². The van der Waals surface area contributed by atoms with E-state index in [-0.39, 0.29) is 0 Å². The van der Waals surface area contributed by atoms with E-state index >= 15 is 0 Å². The predicted octanol–water partition coefficient (Wildman–Crippen LogP) is 0.437. The fourth-order valence-corrected chi connectivity index (χ4v) is 0.424. The Labute approximate surface area is 46.2 Å². The summed E-state index contributed by atoms with van der Waals surface area (Å²) in [6, 6.07) is 0. The van der Waals surface area contributed by atoms with Crippen molar-refractivity contribution in [3.63, 3.8) is 0 Å². The Morgan fingerprint density at radius 1 is 1.88 bits per heavy atom. The standard InChI is InChI=1S/C4H6FN3/c1-2-8-3-6-4(5)7-8/h3H,2H2,1H3. The van der Waals surface area contributed by atoms with Crippen LogP contribution in [0.4, 0.5) is 4.39 Å². The molecule has 44 valence electrons. The van der Waals surface area contributed by atoms with E-state index in [0.29, 0.717) is 6.54 Å². The molecule has 0 atom stereocenters. The van der Waals surface area contributed by atoms with Gasteiger partial charge in [-0.1, -0.05) is 0 Å². The SMILES string of the molecule is CCn1cnc(F)n1. The molecule has 4 heteroatoms. The molecule has 0 aliphatic rings. The molecule has 1 aromatic heterocycles. The number of aryl methyl sites for hydroxylation is 1. The van der Waals surface area contributed by atoms with Gasteiger partial charge < -0.3 is 0 Å². The second-order valence-corrected chi connectivity index (χ2v) is 1.37. The zero-order chi connectivity index (χ0) is 5.98. The van der Waals surface area contributed by atoms with Crippen LogP contribution in [0.5, 0.6) is 0 Å². The van der Waals surface area contributed by atoms with Gasteiger partial charge in [-0.15, -0.1) is 5.10 Å². The molecule has 0 unspecified atom stereocenters. The first kappa shape index (κ1) is 5.21. The van der Waals surface area contributed by atoms with Crippen molar-refractivity contribution in [1.82, 2.24) is 14.8 Å². The van der Waals surface area contributed by atoms with E-state index in [9.17, 15) is 4.39 Å². The quantitative estimate of drug-likeness (QED) is 0.531. The smallest absolute Gasteiger partial charge is 0.250 e. The second kappa shape index (κ2) is 1.90. The summed E-state index contributed by atoms with van der Waals surface area (Å²) in [7, 11) is 0. The number of hydrogen-bond acceptors (Lipinski definition) is 2. The maximum Gasteiger partial charge on any atom is 0.327 e. The second-order valence-electron chi connectivity index (χ2n) is 1.37. The van der Waals surface area contributed by atoms with Gasteiger partial charge in [0.25, 0.3) is 0 Å². The minimum atomic E-state index is -0.660. The Bertz CT molecular complexity index is 172. The molecule has 1 heterocycles. The van der Waals surface area contributed by atoms with Gasteiger partial charge >= 0.3 is 6.08 Å². The molecule has 0 amide bonds. The molecule has 0 aliphatic carbocycles. The first-order chi connectivity index (χ1) is 3.83. The lowest BCUT2D eigenvalue weighted by atomic mass is 10.8. The van der Waals surface area contributed by atoms with Crippen LogP contribution in [0.25, 0.3) is 0 Å². The van der Waals surface area contributed by atoms with Crippen LogP contribution in [0.2, 0.25) is 0 Å². The lowest BCUT2D eigenvalue weighted by Gasteiger charge is -1.85. The van der Waals surface area contributed by atoms with Crippen LogP contribution in [0.15, 0.2) is 6.33 Å². The third-order valence-corrected chi connectivity index (χ3v) is 0.833. The minimum absolute atomic E-state index is 0.660. The maximum atomic E-state index is 11.9. The molecule has 8 heavy (non-hydrogen) atoms. The minimum Gasteiger partial charge on any atom is -0.250 e. The van der Waals surface area contributed by atoms with E-state index in [1.165, 1.54) is 11.0 Å². The molecule has 0 spiro atoms. The fraction of sp³-hybridized carbons (Fsp3) is 0.500. The number of aromatic nitrogens is 3. The van der Waals surface area contributed by atoms with Crippen LogP contribution >= 0.6 is 0 Å². The van der Waals surface area contributed by atoms with Gasteiger partial charge in [-0.05, 0) is 6.92 Å². The molecule has 1 rings (SSSR count). The topological polar surface area (TPSA) is 30.7 Å². The summed E-state index contributed by atoms with van der Waals surface area (Å²) >= 11 is 0. The van der Waals surface area contributed by atoms with Gasteiger partial charge in [-0.25, -0.2) is 0 Å². The Morgan fingerprint density at radius 2 is 2.62 bits per heavy atom. The van der Waals surface area contributed by atoms with E-state index in [1.807, 2.05) is 6.92 Å². The van der Waals surface area contributed by atoms with E-state index in [4.69, 9.17) is 0 Å². The van der Waals surface area contributed by atoms with Crippen LogP contribution in [0, 0.1) is 6.08 Å². The van der Waals surface area contributed by atoms with Crippen LogP contribution in [-0.4, -0.2) is 14.8 Å². The molecule has 0 radical (unpaired) electrons. The van der Waals surface area contributed by atoms with Crippen molar-refractivity contribution in [3.05, 3.63) is 12.4 Å². The molecule has 3 nitrogen and oxygen atoms in total. The highest BCUT2D eigenvalue weighted by atomic mass is 19.1. The molecular weight excluding hydrogens is 109 g/mol. The number of rotatable bonds is 1. The van der Waals surface area contributed by atoms with Crippen LogP contribution in [-0.2, 0) is 6.54 Å². The molecule has 0 N–H and O–H groups in total. The van der Waals surface area contributed by atoms with Crippen LogP contribution in [0.1, 0.15) is 6.92 Å². The monoisotopic (exact) mass is 115 g/mol. The molecule has 0 aliphatic heterocycles. The summed E-state index contributed by atoms with van der Waals surface area (Å²) in [5.74, 6) is 0. The van der Waals surface area contributed by atoms with E-state index in [0.717, 1.165) is 0 Å². The lowest BCUT2D eigenvalue weighted by molar-refractivity contribution is 0.515. The molecule has 0 fully saturated rings. The van der Waals surface area contributed by atoms with Gasteiger partial charge in [0.1, 0.15) is 6.33 Å². The van der Waals surface area contributed by atoms with Gasteiger partial charge in [0.15, 0.2) is 0 Å². The van der Waals surface area contributed by atoms with Crippen molar-refractivity contribution in [1.29, 1.82) is 0 Å². The first-order valence-electron chi connectivity index (χ1n) is 2.38. The average molecular weight is 115 g/mol. The zero-order valence-corrected chi connectivity index (χ0v) is 4.50. The lowest BCUT2D eigenvalue weighted by Crippen LogP contribution is -1.93. The largest absolute Gasteiger partial charge is 0.327 e. The summed E-state index contributed by atoms with van der Waals surface area (Å²) in [4.78, 5) is 3.27. The van der Waals surface area contributed by atoms with Gasteiger partial charge in [0, 0.05) is 6.54 Å². The Kier molecular flexibility index (Phi) is 1.24. The molecule has 0 bridgehead atoms. The van der Waals surface area contributed by atoms with Crippen molar-refractivity contribution >= 4 is 0 Å². The van der Waals surface area contributed by atoms with Crippen molar-refractivity contribution in [2.75, 3.05) is 0 Å². The van der Waals surface area contributed by atoms with Crippen molar-refractivity contribution < 1.29 is 4.39 Å². The number of nitrogens with zero attached hydrogens (tertiary/aromatic N) is 3. The van der Waals surface area contributed by atoms with Crippen molar-refractivity contribution in [3.8, 4) is 0 Å². The number of hydrogen-bond donors (Lipinski definition) is 0. The zero-order valence-electron chi connectivity index (χ0n) is 4.50. The molecule has 0 aromatic carbocycles. The van der Waals surface area contributed by atoms with E-state index < -0.39 is 6.08 Å². The highest BCUT2D eigenvalue weighted by molar-refractivity contribution is 4.57.